The van der Waals surface area contributed by atoms with Crippen molar-refractivity contribution >= 4 is 5.78 Å². The molecule has 0 N–H and O–H groups in total. The highest BCUT2D eigenvalue weighted by Gasteiger charge is 2.56. The zero-order valence-electron chi connectivity index (χ0n) is 12.5. The molecule has 4 bridgehead atoms. The highest BCUT2D eigenvalue weighted by Crippen LogP contribution is 2.62. The van der Waals surface area contributed by atoms with Crippen molar-refractivity contribution in [1.82, 2.24) is 0 Å². The van der Waals surface area contributed by atoms with Crippen molar-refractivity contribution in [1.29, 1.82) is 5.26 Å². The van der Waals surface area contributed by atoms with E-state index in [1.165, 1.54) is 37.7 Å². The van der Waals surface area contributed by atoms with Crippen LogP contribution in [0.5, 0.6) is 0 Å². The van der Waals surface area contributed by atoms with Crippen LogP contribution in [0.1, 0.15) is 50.2 Å². The van der Waals surface area contributed by atoms with Gasteiger partial charge >= 0.3 is 0 Å². The molecule has 2 nitrogen and oxygen atoms in total. The van der Waals surface area contributed by atoms with E-state index >= 15 is 0 Å². The van der Waals surface area contributed by atoms with Gasteiger partial charge in [0.2, 0.25) is 0 Å². The number of nitrogens with zero attached hydrogens (tertiary/aromatic N) is 1. The Hall–Kier alpha value is -1.62. The highest BCUT2D eigenvalue weighted by molar-refractivity contribution is 5.79. The smallest absolute Gasteiger partial charge is 0.133 e. The predicted octanol–water partition coefficient (Wildman–Crippen LogP) is 3.84. The first kappa shape index (κ1) is 13.1. The van der Waals surface area contributed by atoms with Gasteiger partial charge in [0, 0.05) is 5.92 Å². The van der Waals surface area contributed by atoms with E-state index in [4.69, 9.17) is 5.26 Å². The van der Waals surface area contributed by atoms with Crippen LogP contribution >= 0.6 is 0 Å². The summed E-state index contributed by atoms with van der Waals surface area (Å²) in [6, 6.07) is 10.4. The molecule has 2 heteroatoms. The molecule has 5 rings (SSSR count). The lowest BCUT2D eigenvalue weighted by Crippen LogP contribution is -2.54. The highest BCUT2D eigenvalue weighted by atomic mass is 16.1. The Morgan fingerprint density at radius 2 is 1.76 bits per heavy atom. The van der Waals surface area contributed by atoms with Gasteiger partial charge in [0.05, 0.1) is 11.6 Å². The first-order valence-corrected chi connectivity index (χ1v) is 8.12. The fraction of sp³-hybridized carbons (Fsp3) is 0.579. The van der Waals surface area contributed by atoms with Crippen molar-refractivity contribution in [3.05, 3.63) is 35.4 Å². The lowest BCUT2D eigenvalue weighted by molar-refractivity contribution is -0.135. The van der Waals surface area contributed by atoms with Crippen LogP contribution in [0.15, 0.2) is 24.3 Å². The SMILES string of the molecule is CC(=O)C1C2CC3CC1CC(c1ccc(C#N)cc1)(C3)C2. The lowest BCUT2D eigenvalue weighted by Gasteiger charge is -2.60. The normalized spacial score (nSPS) is 40.0. The van der Waals surface area contributed by atoms with Crippen molar-refractivity contribution in [2.24, 2.45) is 23.7 Å². The minimum Gasteiger partial charge on any atom is -0.300 e. The fourth-order valence-electron chi connectivity index (χ4n) is 5.94. The van der Waals surface area contributed by atoms with Gasteiger partial charge in [-0.15, -0.1) is 0 Å². The second-order valence-electron chi connectivity index (χ2n) is 7.58. The van der Waals surface area contributed by atoms with Crippen LogP contribution < -0.4 is 0 Å². The van der Waals surface area contributed by atoms with Crippen molar-refractivity contribution in [2.45, 2.75) is 44.4 Å². The Morgan fingerprint density at radius 1 is 1.14 bits per heavy atom. The van der Waals surface area contributed by atoms with Crippen LogP contribution in [0.4, 0.5) is 0 Å². The standard InChI is InChI=1S/C19H21NO/c1-12(21)18-15-6-14-7-16(18)10-19(8-14,9-15)17-4-2-13(11-20)3-5-17/h2-5,14-16,18H,6-10H2,1H3. The van der Waals surface area contributed by atoms with Crippen molar-refractivity contribution in [2.75, 3.05) is 0 Å². The van der Waals surface area contributed by atoms with Crippen molar-refractivity contribution in [3.63, 3.8) is 0 Å². The quantitative estimate of drug-likeness (QED) is 0.825. The molecule has 4 aliphatic carbocycles. The molecule has 1 aromatic carbocycles. The molecule has 0 aliphatic heterocycles. The van der Waals surface area contributed by atoms with E-state index in [1.807, 2.05) is 12.1 Å². The molecule has 0 amide bonds. The summed E-state index contributed by atoms with van der Waals surface area (Å²) in [5.41, 5.74) is 2.43. The maximum absolute atomic E-state index is 12.0. The van der Waals surface area contributed by atoms with Crippen LogP contribution in [-0.2, 0) is 10.2 Å². The second-order valence-corrected chi connectivity index (χ2v) is 7.58. The summed E-state index contributed by atoms with van der Waals surface area (Å²) in [4.78, 5) is 12.0. The average Bonchev–Trinajstić information content (AvgIpc) is 2.46. The Bertz CT molecular complexity index is 608. The van der Waals surface area contributed by atoms with Crippen LogP contribution in [0, 0.1) is 35.0 Å². The summed E-state index contributed by atoms with van der Waals surface area (Å²) in [6.45, 7) is 1.79. The van der Waals surface area contributed by atoms with E-state index in [2.05, 4.69) is 18.2 Å². The predicted molar refractivity (Wildman–Crippen MR) is 80.6 cm³/mol. The topological polar surface area (TPSA) is 40.9 Å². The van der Waals surface area contributed by atoms with Crippen LogP contribution in [0.2, 0.25) is 0 Å². The number of carbonyl (C=O) groups is 1. The molecule has 4 fully saturated rings. The van der Waals surface area contributed by atoms with Gasteiger partial charge in [-0.05, 0) is 79.9 Å². The average molecular weight is 279 g/mol. The lowest BCUT2D eigenvalue weighted by atomic mass is 9.44. The van der Waals surface area contributed by atoms with Gasteiger partial charge in [0.25, 0.3) is 0 Å². The fourth-order valence-corrected chi connectivity index (χ4v) is 5.94. The number of ketones is 1. The maximum Gasteiger partial charge on any atom is 0.133 e. The molecular formula is C19H21NO. The third kappa shape index (κ3) is 1.87. The van der Waals surface area contributed by atoms with E-state index in [0.717, 1.165) is 11.5 Å². The van der Waals surface area contributed by atoms with Crippen molar-refractivity contribution < 1.29 is 4.79 Å². The van der Waals surface area contributed by atoms with Crippen LogP contribution in [0.25, 0.3) is 0 Å². The molecule has 4 saturated carbocycles. The van der Waals surface area contributed by atoms with Gasteiger partial charge in [-0.2, -0.15) is 5.26 Å². The van der Waals surface area contributed by atoms with E-state index in [1.54, 1.807) is 6.92 Å². The molecule has 2 unspecified atom stereocenters. The second kappa shape index (κ2) is 4.44. The third-order valence-electron chi connectivity index (χ3n) is 6.37. The van der Waals surface area contributed by atoms with Gasteiger partial charge < -0.3 is 0 Å². The molecular weight excluding hydrogens is 258 g/mol. The van der Waals surface area contributed by atoms with Crippen molar-refractivity contribution in [3.8, 4) is 6.07 Å². The van der Waals surface area contributed by atoms with Crippen LogP contribution in [0.3, 0.4) is 0 Å². The zero-order valence-corrected chi connectivity index (χ0v) is 12.5. The molecule has 0 radical (unpaired) electrons. The molecule has 0 aromatic heterocycles. The van der Waals surface area contributed by atoms with E-state index in [-0.39, 0.29) is 5.41 Å². The minimum atomic E-state index is 0.288. The molecule has 0 heterocycles. The summed E-state index contributed by atoms with van der Waals surface area (Å²) in [5.74, 6) is 2.76. The Morgan fingerprint density at radius 3 is 2.29 bits per heavy atom. The molecule has 21 heavy (non-hydrogen) atoms. The number of rotatable bonds is 2. The van der Waals surface area contributed by atoms with Gasteiger partial charge in [0.1, 0.15) is 5.78 Å². The number of Topliss-reactive ketones (excluding diaryl/α,β-unsaturated/α-hetero) is 1. The van der Waals surface area contributed by atoms with Gasteiger partial charge in [-0.3, -0.25) is 4.79 Å². The number of carbonyl (C=O) groups excluding carboxylic acids is 1. The molecule has 0 saturated heterocycles. The first-order valence-electron chi connectivity index (χ1n) is 8.12. The summed E-state index contributed by atoms with van der Waals surface area (Å²) in [6.07, 6.45) is 6.17. The Kier molecular flexibility index (Phi) is 2.76. The number of nitriles is 1. The zero-order chi connectivity index (χ0) is 14.6. The number of benzene rings is 1. The molecule has 108 valence electrons. The first-order chi connectivity index (χ1) is 10.1. The monoisotopic (exact) mass is 279 g/mol. The Labute approximate surface area is 126 Å². The van der Waals surface area contributed by atoms with E-state index in [0.29, 0.717) is 23.5 Å². The van der Waals surface area contributed by atoms with Gasteiger partial charge in [0.15, 0.2) is 0 Å². The molecule has 1 aromatic rings. The molecule has 4 aliphatic rings. The maximum atomic E-state index is 12.0. The van der Waals surface area contributed by atoms with Gasteiger partial charge in [-0.1, -0.05) is 12.1 Å². The summed E-state index contributed by atoms with van der Waals surface area (Å²) >= 11 is 0. The summed E-state index contributed by atoms with van der Waals surface area (Å²) < 4.78 is 0. The summed E-state index contributed by atoms with van der Waals surface area (Å²) in [7, 11) is 0. The number of hydrogen-bond donors (Lipinski definition) is 0. The van der Waals surface area contributed by atoms with E-state index in [9.17, 15) is 4.79 Å². The van der Waals surface area contributed by atoms with Gasteiger partial charge in [-0.25, -0.2) is 0 Å². The Balaban J connectivity index is 1.70. The van der Waals surface area contributed by atoms with E-state index < -0.39 is 0 Å². The summed E-state index contributed by atoms with van der Waals surface area (Å²) in [5, 5.41) is 8.97. The molecule has 0 spiro atoms. The third-order valence-corrected chi connectivity index (χ3v) is 6.37. The molecule has 2 atom stereocenters. The van der Waals surface area contributed by atoms with Crippen LogP contribution in [-0.4, -0.2) is 5.78 Å². The number of hydrogen-bond acceptors (Lipinski definition) is 2. The largest absolute Gasteiger partial charge is 0.300 e. The minimum absolute atomic E-state index is 0.288.